The van der Waals surface area contributed by atoms with E-state index in [4.69, 9.17) is 0 Å². The smallest absolute Gasteiger partial charge is 0.255 e. The third-order valence-corrected chi connectivity index (χ3v) is 1.47. The lowest BCUT2D eigenvalue weighted by Gasteiger charge is -1.96. The van der Waals surface area contributed by atoms with Crippen molar-refractivity contribution in [3.8, 4) is 0 Å². The molecule has 0 aromatic carbocycles. The molecule has 7 heteroatoms. The van der Waals surface area contributed by atoms with E-state index in [1.807, 2.05) is 0 Å². The molecule has 0 saturated carbocycles. The third-order valence-electron chi connectivity index (χ3n) is 0.681. The van der Waals surface area contributed by atoms with Crippen LogP contribution in [0.2, 0.25) is 0 Å². The van der Waals surface area contributed by atoms with Crippen molar-refractivity contribution >= 4 is 11.3 Å². The SMILES string of the molecule is O=c1[nH]nc(C(F)(F)F)s1. The molecule has 0 fully saturated rings. The molecule has 3 nitrogen and oxygen atoms in total. The first-order valence-corrected chi connectivity index (χ1v) is 2.94. The van der Waals surface area contributed by atoms with E-state index in [2.05, 4.69) is 5.10 Å². The quantitative estimate of drug-likeness (QED) is 0.627. The molecule has 0 aliphatic rings. The Hall–Kier alpha value is -0.850. The number of alkyl halides is 3. The van der Waals surface area contributed by atoms with Crippen LogP contribution in [0.15, 0.2) is 4.79 Å². The molecule has 1 rings (SSSR count). The van der Waals surface area contributed by atoms with Crippen LogP contribution in [0.3, 0.4) is 0 Å². The third kappa shape index (κ3) is 1.35. The molecule has 0 spiro atoms. The number of hydrogen-bond acceptors (Lipinski definition) is 3. The van der Waals surface area contributed by atoms with Gasteiger partial charge >= 0.3 is 11.0 Å². The molecule has 0 saturated heterocycles. The maximum absolute atomic E-state index is 11.6. The Labute approximate surface area is 56.5 Å². The van der Waals surface area contributed by atoms with Gasteiger partial charge in [0.2, 0.25) is 5.01 Å². The summed E-state index contributed by atoms with van der Waals surface area (Å²) < 4.78 is 34.8. The van der Waals surface area contributed by atoms with Crippen molar-refractivity contribution < 1.29 is 13.2 Å². The highest BCUT2D eigenvalue weighted by Gasteiger charge is 2.34. The van der Waals surface area contributed by atoms with Gasteiger partial charge in [0.1, 0.15) is 0 Å². The molecule has 10 heavy (non-hydrogen) atoms. The van der Waals surface area contributed by atoms with Gasteiger partial charge in [0.15, 0.2) is 0 Å². The second kappa shape index (κ2) is 2.08. The molecule has 1 aromatic rings. The number of hydrogen-bond donors (Lipinski definition) is 1. The number of halogens is 3. The van der Waals surface area contributed by atoms with Crippen molar-refractivity contribution in [2.45, 2.75) is 6.18 Å². The van der Waals surface area contributed by atoms with Gasteiger partial charge in [0.25, 0.3) is 0 Å². The lowest BCUT2D eigenvalue weighted by molar-refractivity contribution is -0.138. The van der Waals surface area contributed by atoms with Gasteiger partial charge in [-0.15, -0.1) is 0 Å². The van der Waals surface area contributed by atoms with Crippen LogP contribution in [0.5, 0.6) is 0 Å². The molecule has 1 heterocycles. The van der Waals surface area contributed by atoms with E-state index in [0.717, 1.165) is 0 Å². The Morgan fingerprint density at radius 2 is 2.10 bits per heavy atom. The maximum atomic E-state index is 11.6. The molecule has 0 radical (unpaired) electrons. The summed E-state index contributed by atoms with van der Waals surface area (Å²) in [6.07, 6.45) is -4.51. The topological polar surface area (TPSA) is 45.8 Å². The van der Waals surface area contributed by atoms with Crippen molar-refractivity contribution in [3.05, 3.63) is 14.7 Å². The summed E-state index contributed by atoms with van der Waals surface area (Å²) in [6, 6.07) is 0. The van der Waals surface area contributed by atoms with Crippen molar-refractivity contribution in [2.75, 3.05) is 0 Å². The molecule has 0 atom stereocenters. The minimum atomic E-state index is -4.51. The standard InChI is InChI=1S/C3HF3N2OS/c4-3(5,6)1-7-8-2(9)10-1/h(H,8,9). The molecular weight excluding hydrogens is 169 g/mol. The van der Waals surface area contributed by atoms with E-state index in [1.165, 1.54) is 0 Å². The second-order valence-electron chi connectivity index (χ2n) is 1.42. The average Bonchev–Trinajstić information content (AvgIpc) is 2.11. The summed E-state index contributed by atoms with van der Waals surface area (Å²) in [5.74, 6) is 0. The number of H-pyrrole nitrogens is 1. The predicted octanol–water partition coefficient (Wildman–Crippen LogP) is 0.850. The normalized spacial score (nSPS) is 11.9. The van der Waals surface area contributed by atoms with Crippen LogP contribution in [-0.4, -0.2) is 10.2 Å². The minimum Gasteiger partial charge on any atom is -0.255 e. The van der Waals surface area contributed by atoms with E-state index in [9.17, 15) is 18.0 Å². The van der Waals surface area contributed by atoms with E-state index in [-0.39, 0.29) is 11.3 Å². The van der Waals surface area contributed by atoms with Crippen LogP contribution < -0.4 is 4.87 Å². The van der Waals surface area contributed by atoms with E-state index in [1.54, 1.807) is 5.10 Å². The molecule has 0 amide bonds. The van der Waals surface area contributed by atoms with Crippen molar-refractivity contribution in [2.24, 2.45) is 0 Å². The fourth-order valence-electron chi connectivity index (χ4n) is 0.351. The van der Waals surface area contributed by atoms with Gasteiger partial charge < -0.3 is 0 Å². The van der Waals surface area contributed by atoms with Crippen LogP contribution in [0.1, 0.15) is 5.01 Å². The highest BCUT2D eigenvalue weighted by molar-refractivity contribution is 7.08. The average molecular weight is 170 g/mol. The molecule has 0 aliphatic carbocycles. The molecule has 0 bridgehead atoms. The summed E-state index contributed by atoms with van der Waals surface area (Å²) in [5.41, 5.74) is 0. The maximum Gasteiger partial charge on any atom is 0.445 e. The fraction of sp³-hybridized carbons (Fsp3) is 0.333. The van der Waals surface area contributed by atoms with Crippen molar-refractivity contribution in [3.63, 3.8) is 0 Å². The van der Waals surface area contributed by atoms with Crippen LogP contribution in [-0.2, 0) is 6.18 Å². The molecule has 0 unspecified atom stereocenters. The van der Waals surface area contributed by atoms with E-state index in [0.29, 0.717) is 0 Å². The van der Waals surface area contributed by atoms with E-state index >= 15 is 0 Å². The summed E-state index contributed by atoms with van der Waals surface area (Å²) >= 11 is 0.0475. The number of rotatable bonds is 0. The number of aromatic amines is 1. The summed E-state index contributed by atoms with van der Waals surface area (Å²) in [5, 5.41) is 3.27. The summed E-state index contributed by atoms with van der Waals surface area (Å²) in [4.78, 5) is 9.34. The van der Waals surface area contributed by atoms with Crippen LogP contribution in [0.4, 0.5) is 13.2 Å². The first-order valence-electron chi connectivity index (χ1n) is 2.13. The minimum absolute atomic E-state index is 0.0475. The number of nitrogens with one attached hydrogen (secondary N) is 1. The second-order valence-corrected chi connectivity index (χ2v) is 2.38. The Morgan fingerprint density at radius 1 is 1.50 bits per heavy atom. The molecule has 1 aromatic heterocycles. The van der Waals surface area contributed by atoms with Crippen molar-refractivity contribution in [1.29, 1.82) is 0 Å². The zero-order chi connectivity index (χ0) is 7.78. The van der Waals surface area contributed by atoms with E-state index < -0.39 is 16.1 Å². The van der Waals surface area contributed by atoms with Gasteiger partial charge in [0, 0.05) is 0 Å². The predicted molar refractivity (Wildman–Crippen MR) is 27.7 cm³/mol. The molecule has 56 valence electrons. The highest BCUT2D eigenvalue weighted by Crippen LogP contribution is 2.28. The van der Waals surface area contributed by atoms with Gasteiger partial charge in [-0.2, -0.15) is 18.3 Å². The Kier molecular flexibility index (Phi) is 1.51. The van der Waals surface area contributed by atoms with Crippen LogP contribution >= 0.6 is 11.3 Å². The lowest BCUT2D eigenvalue weighted by Crippen LogP contribution is -2.03. The van der Waals surface area contributed by atoms with Crippen molar-refractivity contribution in [1.82, 2.24) is 10.2 Å². The number of nitrogens with zero attached hydrogens (tertiary/aromatic N) is 1. The van der Waals surface area contributed by atoms with Crippen LogP contribution in [0, 0.1) is 0 Å². The monoisotopic (exact) mass is 170 g/mol. The summed E-state index contributed by atoms with van der Waals surface area (Å²) in [7, 11) is 0. The first kappa shape index (κ1) is 7.26. The zero-order valence-electron chi connectivity index (χ0n) is 4.40. The lowest BCUT2D eigenvalue weighted by atomic mass is 10.7. The molecule has 1 N–H and O–H groups in total. The molecule has 0 aliphatic heterocycles. The van der Waals surface area contributed by atoms with Gasteiger partial charge in [-0.1, -0.05) is 0 Å². The first-order chi connectivity index (χ1) is 4.50. The number of aromatic nitrogens is 2. The zero-order valence-corrected chi connectivity index (χ0v) is 5.21. The Morgan fingerprint density at radius 3 is 2.30 bits per heavy atom. The largest absolute Gasteiger partial charge is 0.445 e. The highest BCUT2D eigenvalue weighted by atomic mass is 32.1. The summed E-state index contributed by atoms with van der Waals surface area (Å²) in [6.45, 7) is 0. The van der Waals surface area contributed by atoms with Gasteiger partial charge in [-0.05, 0) is 11.3 Å². The van der Waals surface area contributed by atoms with Gasteiger partial charge in [0.05, 0.1) is 0 Å². The van der Waals surface area contributed by atoms with Gasteiger partial charge in [-0.3, -0.25) is 4.79 Å². The van der Waals surface area contributed by atoms with Gasteiger partial charge in [-0.25, -0.2) is 5.10 Å². The fourth-order valence-corrected chi connectivity index (χ4v) is 0.825. The molecular formula is C3HF3N2OS. The Balaban J connectivity index is 3.07. The Bertz CT molecular complexity index is 274. The van der Waals surface area contributed by atoms with Crippen LogP contribution in [0.25, 0.3) is 0 Å².